The second-order valence-electron chi connectivity index (χ2n) is 6.17. The minimum Gasteiger partial charge on any atom is -0.618 e. The fraction of sp³-hybridized carbons (Fsp3) is 0.0500. The summed E-state index contributed by atoms with van der Waals surface area (Å²) >= 11 is 0. The topological polar surface area (TPSA) is 87.1 Å². The smallest absolute Gasteiger partial charge is 0.246 e. The molecule has 7 nitrogen and oxygen atoms in total. The number of imidazole rings is 1. The van der Waals surface area contributed by atoms with Crippen LogP contribution in [0.4, 0.5) is 0 Å². The molecule has 132 valence electrons. The Morgan fingerprint density at radius 2 is 1.63 bits per heavy atom. The van der Waals surface area contributed by atoms with E-state index in [9.17, 15) is 10.4 Å². The molecule has 0 fully saturated rings. The molecule has 0 saturated carbocycles. The molecule has 1 N–H and O–H groups in total. The maximum Gasteiger partial charge on any atom is 0.246 e. The second kappa shape index (κ2) is 5.57. The molecule has 0 aliphatic rings. The van der Waals surface area contributed by atoms with E-state index in [-0.39, 0.29) is 0 Å². The predicted octanol–water partition coefficient (Wildman–Crippen LogP) is 3.28. The van der Waals surface area contributed by atoms with Crippen LogP contribution in [0, 0.1) is 5.21 Å². The summed E-state index contributed by atoms with van der Waals surface area (Å²) in [5.41, 5.74) is 3.39. The van der Waals surface area contributed by atoms with Gasteiger partial charge in [-0.05, 0) is 18.2 Å². The Kier molecular flexibility index (Phi) is 3.17. The fourth-order valence-electron chi connectivity index (χ4n) is 3.34. The molecule has 2 heterocycles. The molecule has 0 aliphatic heterocycles. The van der Waals surface area contributed by atoms with Crippen LogP contribution in [0.3, 0.4) is 0 Å². The molecule has 0 aliphatic carbocycles. The van der Waals surface area contributed by atoms with E-state index in [0.29, 0.717) is 44.7 Å². The van der Waals surface area contributed by atoms with Crippen LogP contribution in [-0.4, -0.2) is 27.0 Å². The Bertz CT molecular complexity index is 1270. The van der Waals surface area contributed by atoms with Gasteiger partial charge in [0.2, 0.25) is 11.0 Å². The number of para-hydroxylation sites is 3. The fourth-order valence-corrected chi connectivity index (χ4v) is 3.34. The number of nitrogens with zero attached hydrogens (tertiary/aromatic N) is 4. The molecule has 0 unspecified atom stereocenters. The van der Waals surface area contributed by atoms with E-state index in [2.05, 4.69) is 9.97 Å². The van der Waals surface area contributed by atoms with Gasteiger partial charge in [0.25, 0.3) is 0 Å². The summed E-state index contributed by atoms with van der Waals surface area (Å²) in [7, 11) is 1.59. The molecule has 5 aromatic rings. The van der Waals surface area contributed by atoms with Crippen LogP contribution < -0.4 is 9.47 Å². The third-order valence-corrected chi connectivity index (χ3v) is 4.65. The minimum atomic E-state index is 0.315. The Balaban J connectivity index is 1.83. The summed E-state index contributed by atoms with van der Waals surface area (Å²) in [6.45, 7) is 0. The van der Waals surface area contributed by atoms with Gasteiger partial charge in [0, 0.05) is 18.2 Å². The quantitative estimate of drug-likeness (QED) is 0.226. The van der Waals surface area contributed by atoms with Crippen LogP contribution in [0.5, 0.6) is 5.75 Å². The van der Waals surface area contributed by atoms with Crippen molar-refractivity contribution in [2.45, 2.75) is 0 Å². The van der Waals surface area contributed by atoms with Gasteiger partial charge in [-0.1, -0.05) is 24.3 Å². The van der Waals surface area contributed by atoms with Gasteiger partial charge in [0.1, 0.15) is 5.75 Å². The number of rotatable bonds is 2. The van der Waals surface area contributed by atoms with Crippen LogP contribution in [0.2, 0.25) is 0 Å². The summed E-state index contributed by atoms with van der Waals surface area (Å²) in [6.07, 6.45) is 0. The lowest BCUT2D eigenvalue weighted by molar-refractivity contribution is -0.548. The third kappa shape index (κ3) is 2.18. The number of hydrogen-bond donors (Lipinski definition) is 1. The number of ether oxygens (including phenoxy) is 1. The lowest BCUT2D eigenvalue weighted by Crippen LogP contribution is -2.30. The summed E-state index contributed by atoms with van der Waals surface area (Å²) in [6, 6.07) is 17.6. The van der Waals surface area contributed by atoms with E-state index >= 15 is 0 Å². The van der Waals surface area contributed by atoms with Crippen molar-refractivity contribution in [3.8, 4) is 17.1 Å². The summed E-state index contributed by atoms with van der Waals surface area (Å²) in [5.74, 6) is 1.17. The standard InChI is InChI=1S/C20H14N4O3/c1-27-19-9-5-2-6-12(19)20-21-13-10-17-18(11-14(13)22-20)24(26)16-8-4-3-7-15(16)23(17)25/h2-11,25H,1H3. The molecule has 0 spiro atoms. The van der Waals surface area contributed by atoms with E-state index in [1.54, 1.807) is 43.5 Å². The lowest BCUT2D eigenvalue weighted by atomic mass is 10.2. The molecule has 0 bridgehead atoms. The molecular weight excluding hydrogens is 344 g/mol. The Morgan fingerprint density at radius 3 is 2.44 bits per heavy atom. The minimum absolute atomic E-state index is 0.315. The van der Waals surface area contributed by atoms with Gasteiger partial charge >= 0.3 is 0 Å². The molecule has 27 heavy (non-hydrogen) atoms. The molecule has 3 aromatic carbocycles. The Morgan fingerprint density at radius 1 is 0.926 bits per heavy atom. The van der Waals surface area contributed by atoms with Crippen molar-refractivity contribution >= 4 is 33.1 Å². The molecule has 0 radical (unpaired) electrons. The maximum absolute atomic E-state index is 12.8. The zero-order chi connectivity index (χ0) is 18.5. The number of benzene rings is 3. The normalized spacial score (nSPS) is 11.4. The van der Waals surface area contributed by atoms with Crippen molar-refractivity contribution in [3.63, 3.8) is 0 Å². The van der Waals surface area contributed by atoms with Gasteiger partial charge < -0.3 is 15.2 Å². The number of methoxy groups -OCH3 is 1. The highest BCUT2D eigenvalue weighted by Gasteiger charge is 2.19. The highest BCUT2D eigenvalue weighted by molar-refractivity contribution is 5.94. The van der Waals surface area contributed by atoms with Crippen LogP contribution in [-0.2, 0) is 0 Å². The predicted molar refractivity (Wildman–Crippen MR) is 101 cm³/mol. The first-order valence-corrected chi connectivity index (χ1v) is 8.34. The van der Waals surface area contributed by atoms with Gasteiger partial charge in [-0.2, -0.15) is 9.46 Å². The Hall–Kier alpha value is -3.87. The number of hydrogen-bond acceptors (Lipinski definition) is 5. The van der Waals surface area contributed by atoms with E-state index in [4.69, 9.17) is 4.74 Å². The average Bonchev–Trinajstić information content (AvgIpc) is 3.14. The van der Waals surface area contributed by atoms with Crippen molar-refractivity contribution < 1.29 is 14.7 Å². The summed E-state index contributed by atoms with van der Waals surface area (Å²) < 4.78 is 7.20. The molecule has 0 atom stereocenters. The summed E-state index contributed by atoms with van der Waals surface area (Å²) in [4.78, 5) is 9.12. The molecule has 5 rings (SSSR count). The van der Waals surface area contributed by atoms with Gasteiger partial charge in [0.15, 0.2) is 16.9 Å². The van der Waals surface area contributed by atoms with Crippen molar-refractivity contribution in [2.75, 3.05) is 7.11 Å². The van der Waals surface area contributed by atoms with Gasteiger partial charge in [-0.25, -0.2) is 9.97 Å². The average molecular weight is 358 g/mol. The first kappa shape index (κ1) is 15.4. The van der Waals surface area contributed by atoms with Crippen molar-refractivity contribution in [2.24, 2.45) is 0 Å². The Labute approximate surface area is 153 Å². The largest absolute Gasteiger partial charge is 0.618 e. The van der Waals surface area contributed by atoms with E-state index in [0.717, 1.165) is 15.0 Å². The zero-order valence-corrected chi connectivity index (χ0v) is 14.3. The summed E-state index contributed by atoms with van der Waals surface area (Å²) in [5, 5.41) is 23.4. The zero-order valence-electron chi connectivity index (χ0n) is 14.3. The van der Waals surface area contributed by atoms with E-state index < -0.39 is 0 Å². The van der Waals surface area contributed by atoms with Crippen molar-refractivity contribution in [1.82, 2.24) is 14.7 Å². The molecule has 7 heteroatoms. The number of fused-ring (bicyclic) bond motifs is 3. The van der Waals surface area contributed by atoms with Crippen LogP contribution in [0.1, 0.15) is 0 Å². The van der Waals surface area contributed by atoms with Crippen molar-refractivity contribution in [1.29, 1.82) is 0 Å². The third-order valence-electron chi connectivity index (χ3n) is 4.65. The van der Waals surface area contributed by atoms with Gasteiger partial charge in [-0.3, -0.25) is 0 Å². The van der Waals surface area contributed by atoms with Gasteiger partial charge in [-0.15, -0.1) is 0 Å². The lowest BCUT2D eigenvalue weighted by Gasteiger charge is -2.09. The second-order valence-corrected chi connectivity index (χ2v) is 6.17. The SMILES string of the molecule is COc1ccccc1-c1nc2cc3c(cc2n1)[n+]([O-])c1ccccc1n3O. The first-order chi connectivity index (χ1) is 13.2. The molecule has 2 aromatic heterocycles. The number of aromatic nitrogens is 4. The first-order valence-electron chi connectivity index (χ1n) is 8.34. The van der Waals surface area contributed by atoms with Crippen LogP contribution in [0.15, 0.2) is 60.7 Å². The molecule has 0 saturated heterocycles. The maximum atomic E-state index is 12.8. The van der Waals surface area contributed by atoms with E-state index in [1.807, 2.05) is 24.3 Å². The van der Waals surface area contributed by atoms with Crippen molar-refractivity contribution in [3.05, 3.63) is 65.9 Å². The van der Waals surface area contributed by atoms with Gasteiger partial charge in [0.05, 0.1) is 23.7 Å². The highest BCUT2D eigenvalue weighted by Crippen LogP contribution is 2.30. The van der Waals surface area contributed by atoms with Crippen LogP contribution >= 0.6 is 0 Å². The monoisotopic (exact) mass is 358 g/mol. The van der Waals surface area contributed by atoms with Crippen LogP contribution in [0.25, 0.3) is 44.5 Å². The molecular formula is C20H14N4O3. The molecule has 0 amide bonds. The highest BCUT2D eigenvalue weighted by atomic mass is 16.5. The van der Waals surface area contributed by atoms with E-state index in [1.165, 1.54) is 0 Å².